The van der Waals surface area contributed by atoms with E-state index in [0.29, 0.717) is 13.2 Å². The maximum atomic E-state index is 5.79. The molecular weight excluding hydrogens is 222 g/mol. The fraction of sp³-hybridized carbons (Fsp3) is 0.250. The van der Waals surface area contributed by atoms with Gasteiger partial charge in [0.25, 0.3) is 0 Å². The largest absolute Gasteiger partial charge is 0.489 e. The van der Waals surface area contributed by atoms with Crippen LogP contribution in [0, 0.1) is 13.8 Å². The van der Waals surface area contributed by atoms with Crippen LogP contribution < -0.4 is 10.5 Å². The van der Waals surface area contributed by atoms with Gasteiger partial charge in [0.15, 0.2) is 0 Å². The second kappa shape index (κ2) is 5.69. The summed E-state index contributed by atoms with van der Waals surface area (Å²) in [5.41, 5.74) is 10.4. The summed E-state index contributed by atoms with van der Waals surface area (Å²) in [6.45, 7) is 5.38. The Labute approximate surface area is 108 Å². The van der Waals surface area contributed by atoms with Crippen LogP contribution in [-0.4, -0.2) is 0 Å². The van der Waals surface area contributed by atoms with Crippen molar-refractivity contribution in [2.75, 3.05) is 0 Å². The Kier molecular flexibility index (Phi) is 4.00. The highest BCUT2D eigenvalue weighted by Gasteiger charge is 2.00. The summed E-state index contributed by atoms with van der Waals surface area (Å²) in [4.78, 5) is 0. The average Bonchev–Trinajstić information content (AvgIpc) is 2.40. The van der Waals surface area contributed by atoms with Gasteiger partial charge in [-0.1, -0.05) is 35.9 Å². The third-order valence-corrected chi connectivity index (χ3v) is 3.06. The average molecular weight is 241 g/mol. The second-order valence-electron chi connectivity index (χ2n) is 4.57. The molecule has 2 aromatic carbocycles. The first kappa shape index (κ1) is 12.7. The van der Waals surface area contributed by atoms with E-state index in [9.17, 15) is 0 Å². The number of nitrogens with two attached hydrogens (primary N) is 1. The van der Waals surface area contributed by atoms with Crippen molar-refractivity contribution in [3.8, 4) is 5.75 Å². The van der Waals surface area contributed by atoms with E-state index < -0.39 is 0 Å². The maximum Gasteiger partial charge on any atom is 0.119 e. The molecule has 2 N–H and O–H groups in total. The van der Waals surface area contributed by atoms with E-state index >= 15 is 0 Å². The Balaban J connectivity index is 2.04. The van der Waals surface area contributed by atoms with Gasteiger partial charge in [-0.25, -0.2) is 0 Å². The molecule has 2 heteroatoms. The molecule has 0 spiro atoms. The van der Waals surface area contributed by atoms with Gasteiger partial charge in [0.1, 0.15) is 12.4 Å². The molecule has 0 unspecified atom stereocenters. The predicted molar refractivity (Wildman–Crippen MR) is 74.6 cm³/mol. The van der Waals surface area contributed by atoms with Crippen LogP contribution in [0.2, 0.25) is 0 Å². The van der Waals surface area contributed by atoms with Gasteiger partial charge in [0, 0.05) is 6.54 Å². The van der Waals surface area contributed by atoms with E-state index in [1.54, 1.807) is 0 Å². The molecule has 94 valence electrons. The van der Waals surface area contributed by atoms with Gasteiger partial charge in [0.2, 0.25) is 0 Å². The molecule has 0 saturated heterocycles. The zero-order valence-electron chi connectivity index (χ0n) is 10.9. The maximum absolute atomic E-state index is 5.79. The standard InChI is InChI=1S/C16H19NO/c1-12-3-4-13(2)15(9-12)11-18-16-7-5-14(10-17)6-8-16/h3-9H,10-11,17H2,1-2H3. The fourth-order valence-electron chi connectivity index (χ4n) is 1.84. The van der Waals surface area contributed by atoms with Crippen LogP contribution in [0.1, 0.15) is 22.3 Å². The predicted octanol–water partition coefficient (Wildman–Crippen LogP) is 3.34. The molecule has 0 fully saturated rings. The number of benzene rings is 2. The molecule has 0 radical (unpaired) electrons. The third-order valence-electron chi connectivity index (χ3n) is 3.06. The lowest BCUT2D eigenvalue weighted by atomic mass is 10.1. The smallest absolute Gasteiger partial charge is 0.119 e. The molecule has 0 aromatic heterocycles. The van der Waals surface area contributed by atoms with Gasteiger partial charge in [-0.15, -0.1) is 0 Å². The second-order valence-corrected chi connectivity index (χ2v) is 4.57. The molecule has 2 aromatic rings. The van der Waals surface area contributed by atoms with Gasteiger partial charge in [-0.05, 0) is 42.7 Å². The van der Waals surface area contributed by atoms with E-state index in [1.807, 2.05) is 24.3 Å². The van der Waals surface area contributed by atoms with Crippen LogP contribution in [0.15, 0.2) is 42.5 Å². The van der Waals surface area contributed by atoms with Gasteiger partial charge < -0.3 is 10.5 Å². The van der Waals surface area contributed by atoms with Crippen LogP contribution in [0.5, 0.6) is 5.75 Å². The number of hydrogen-bond donors (Lipinski definition) is 1. The molecule has 0 atom stereocenters. The molecule has 0 heterocycles. The quantitative estimate of drug-likeness (QED) is 0.891. The molecule has 18 heavy (non-hydrogen) atoms. The monoisotopic (exact) mass is 241 g/mol. The lowest BCUT2D eigenvalue weighted by Crippen LogP contribution is -1.99. The first-order chi connectivity index (χ1) is 8.69. The molecule has 0 bridgehead atoms. The van der Waals surface area contributed by atoms with Crippen molar-refractivity contribution >= 4 is 0 Å². The lowest BCUT2D eigenvalue weighted by molar-refractivity contribution is 0.305. The van der Waals surface area contributed by atoms with Crippen LogP contribution in [0.25, 0.3) is 0 Å². The van der Waals surface area contributed by atoms with Gasteiger partial charge in [-0.3, -0.25) is 0 Å². The first-order valence-electron chi connectivity index (χ1n) is 6.17. The fourth-order valence-corrected chi connectivity index (χ4v) is 1.84. The third kappa shape index (κ3) is 3.11. The van der Waals surface area contributed by atoms with Crippen LogP contribution in [-0.2, 0) is 13.2 Å². The normalized spacial score (nSPS) is 10.4. The molecule has 0 saturated carbocycles. The summed E-state index contributed by atoms with van der Waals surface area (Å²) in [6, 6.07) is 14.3. The van der Waals surface area contributed by atoms with Gasteiger partial charge >= 0.3 is 0 Å². The Morgan fingerprint density at radius 1 is 1.00 bits per heavy atom. The van der Waals surface area contributed by atoms with Crippen molar-refractivity contribution in [1.82, 2.24) is 0 Å². The van der Waals surface area contributed by atoms with Gasteiger partial charge in [-0.2, -0.15) is 0 Å². The minimum Gasteiger partial charge on any atom is -0.489 e. The van der Waals surface area contributed by atoms with Crippen molar-refractivity contribution in [1.29, 1.82) is 0 Å². The number of rotatable bonds is 4. The van der Waals surface area contributed by atoms with Crippen LogP contribution in [0.3, 0.4) is 0 Å². The topological polar surface area (TPSA) is 35.2 Å². The number of hydrogen-bond acceptors (Lipinski definition) is 2. The molecule has 0 aliphatic rings. The summed E-state index contributed by atoms with van der Waals surface area (Å²) in [5, 5.41) is 0. The Morgan fingerprint density at radius 2 is 1.72 bits per heavy atom. The zero-order chi connectivity index (χ0) is 13.0. The van der Waals surface area contributed by atoms with Gasteiger partial charge in [0.05, 0.1) is 0 Å². The molecule has 0 aliphatic heterocycles. The van der Waals surface area contributed by atoms with E-state index in [4.69, 9.17) is 10.5 Å². The molecule has 0 aliphatic carbocycles. The molecule has 2 rings (SSSR count). The summed E-state index contributed by atoms with van der Waals surface area (Å²) in [6.07, 6.45) is 0. The Hall–Kier alpha value is -1.80. The highest BCUT2D eigenvalue weighted by atomic mass is 16.5. The number of ether oxygens (including phenoxy) is 1. The highest BCUT2D eigenvalue weighted by Crippen LogP contribution is 2.16. The zero-order valence-corrected chi connectivity index (χ0v) is 10.9. The molecular formula is C16H19NO. The summed E-state index contributed by atoms with van der Waals surface area (Å²) < 4.78 is 5.79. The van der Waals surface area contributed by atoms with Crippen molar-refractivity contribution in [2.45, 2.75) is 27.0 Å². The van der Waals surface area contributed by atoms with Crippen molar-refractivity contribution < 1.29 is 4.74 Å². The summed E-state index contributed by atoms with van der Waals surface area (Å²) >= 11 is 0. The lowest BCUT2D eigenvalue weighted by Gasteiger charge is -2.10. The Bertz CT molecular complexity index is 517. The van der Waals surface area contributed by atoms with E-state index in [1.165, 1.54) is 16.7 Å². The van der Waals surface area contributed by atoms with E-state index in [2.05, 4.69) is 32.0 Å². The van der Waals surface area contributed by atoms with Crippen molar-refractivity contribution in [2.24, 2.45) is 5.73 Å². The van der Waals surface area contributed by atoms with Crippen molar-refractivity contribution in [3.63, 3.8) is 0 Å². The highest BCUT2D eigenvalue weighted by molar-refractivity contribution is 5.31. The van der Waals surface area contributed by atoms with Crippen LogP contribution >= 0.6 is 0 Å². The molecule has 0 amide bonds. The van der Waals surface area contributed by atoms with Crippen molar-refractivity contribution in [3.05, 3.63) is 64.7 Å². The Morgan fingerprint density at radius 3 is 2.39 bits per heavy atom. The minimum atomic E-state index is 0.567. The summed E-state index contributed by atoms with van der Waals surface area (Å²) in [7, 11) is 0. The van der Waals surface area contributed by atoms with E-state index in [0.717, 1.165) is 11.3 Å². The summed E-state index contributed by atoms with van der Waals surface area (Å²) in [5.74, 6) is 0.883. The number of aryl methyl sites for hydroxylation is 2. The van der Waals surface area contributed by atoms with E-state index in [-0.39, 0.29) is 0 Å². The molecule has 2 nitrogen and oxygen atoms in total. The first-order valence-corrected chi connectivity index (χ1v) is 6.17. The van der Waals surface area contributed by atoms with Crippen LogP contribution in [0.4, 0.5) is 0 Å². The minimum absolute atomic E-state index is 0.567. The SMILES string of the molecule is Cc1ccc(C)c(COc2ccc(CN)cc2)c1.